The summed E-state index contributed by atoms with van der Waals surface area (Å²) in [6.45, 7) is 0. The molecule has 4 aromatic rings. The molecule has 0 unspecified atom stereocenters. The van der Waals surface area contributed by atoms with Crippen LogP contribution in [0.5, 0.6) is 0 Å². The van der Waals surface area contributed by atoms with Gasteiger partial charge in [-0.1, -0.05) is 48.0 Å². The summed E-state index contributed by atoms with van der Waals surface area (Å²) < 4.78 is 0. The summed E-state index contributed by atoms with van der Waals surface area (Å²) in [7, 11) is 0. The molecule has 2 aromatic carbocycles. The molecule has 184 valence electrons. The van der Waals surface area contributed by atoms with Gasteiger partial charge in [0.2, 0.25) is 5.91 Å². The summed E-state index contributed by atoms with van der Waals surface area (Å²) in [5.74, 6) is 0.555. The number of thioether (sulfide) groups is 1. The Balaban J connectivity index is 1.22. The quantitative estimate of drug-likeness (QED) is 0.150. The van der Waals surface area contributed by atoms with Gasteiger partial charge in [-0.25, -0.2) is 4.98 Å². The first kappa shape index (κ1) is 25.2. The van der Waals surface area contributed by atoms with Crippen molar-refractivity contribution in [3.8, 4) is 6.07 Å². The maximum atomic E-state index is 12.8. The van der Waals surface area contributed by atoms with Crippen LogP contribution in [0.2, 0.25) is 5.15 Å². The number of hydrogen-bond acceptors (Lipinski definition) is 6. The minimum absolute atomic E-state index is 0.129. The van der Waals surface area contributed by atoms with Crippen LogP contribution in [0.1, 0.15) is 39.5 Å². The molecule has 37 heavy (non-hydrogen) atoms. The number of nitriles is 1. The number of thiophene rings is 1. The van der Waals surface area contributed by atoms with E-state index in [4.69, 9.17) is 11.6 Å². The summed E-state index contributed by atoms with van der Waals surface area (Å²) in [5, 5.41) is 13.9. The van der Waals surface area contributed by atoms with E-state index in [1.807, 2.05) is 42.5 Å². The van der Waals surface area contributed by atoms with Crippen molar-refractivity contribution < 1.29 is 4.79 Å². The van der Waals surface area contributed by atoms with Gasteiger partial charge in [0.05, 0.1) is 17.0 Å². The average molecular weight is 543 g/mol. The number of hydrogen-bond donors (Lipinski definition) is 1. The van der Waals surface area contributed by atoms with Crippen LogP contribution >= 0.6 is 34.7 Å². The van der Waals surface area contributed by atoms with E-state index in [9.17, 15) is 10.1 Å². The highest BCUT2D eigenvalue weighted by atomic mass is 35.5. The van der Waals surface area contributed by atoms with Gasteiger partial charge in [0, 0.05) is 27.7 Å². The first-order valence-electron chi connectivity index (χ1n) is 11.9. The van der Waals surface area contributed by atoms with Crippen molar-refractivity contribution in [1.29, 1.82) is 5.26 Å². The second-order valence-electron chi connectivity index (χ2n) is 8.65. The fraction of sp³-hybridized carbons (Fsp3) is 0.172. The maximum Gasteiger partial charge on any atom is 0.235 e. The highest BCUT2D eigenvalue weighted by Gasteiger charge is 2.27. The number of anilines is 1. The molecule has 0 saturated heterocycles. The summed E-state index contributed by atoms with van der Waals surface area (Å²) in [6, 6.07) is 24.2. The van der Waals surface area contributed by atoms with Crippen molar-refractivity contribution in [3.05, 3.63) is 105 Å². The molecule has 0 fully saturated rings. The smallest absolute Gasteiger partial charge is 0.235 e. The van der Waals surface area contributed by atoms with Gasteiger partial charge < -0.3 is 5.32 Å². The lowest BCUT2D eigenvalue weighted by Crippen LogP contribution is -2.14. The number of rotatable bonds is 7. The highest BCUT2D eigenvalue weighted by molar-refractivity contribution is 8.00. The van der Waals surface area contributed by atoms with Crippen molar-refractivity contribution in [2.45, 2.75) is 30.1 Å². The van der Waals surface area contributed by atoms with Crippen molar-refractivity contribution in [1.82, 2.24) is 4.98 Å². The zero-order chi connectivity index (χ0) is 25.6. The number of amides is 1. The Labute approximate surface area is 229 Å². The number of nitrogens with one attached hydrogen (secondary N) is 1. The second kappa shape index (κ2) is 11.7. The van der Waals surface area contributed by atoms with Gasteiger partial charge in [-0.2, -0.15) is 5.26 Å². The minimum atomic E-state index is -0.129. The van der Waals surface area contributed by atoms with Gasteiger partial charge in [-0.15, -0.1) is 23.1 Å². The van der Waals surface area contributed by atoms with Crippen molar-refractivity contribution in [2.24, 2.45) is 4.99 Å². The third kappa shape index (κ3) is 6.11. The van der Waals surface area contributed by atoms with Crippen molar-refractivity contribution in [2.75, 3.05) is 11.1 Å². The number of carbonyl (C=O) groups is 1. The first-order valence-corrected chi connectivity index (χ1v) is 14.1. The molecule has 1 atom stereocenters. The van der Waals surface area contributed by atoms with E-state index >= 15 is 0 Å². The van der Waals surface area contributed by atoms with E-state index < -0.39 is 0 Å². The molecule has 2 heterocycles. The number of fused-ring (bicyclic) bond motifs is 1. The monoisotopic (exact) mass is 542 g/mol. The molecule has 0 radical (unpaired) electrons. The van der Waals surface area contributed by atoms with Crippen LogP contribution < -0.4 is 5.32 Å². The molecule has 1 amide bonds. The topological polar surface area (TPSA) is 78.1 Å². The second-order valence-corrected chi connectivity index (χ2v) is 11.2. The largest absolute Gasteiger partial charge is 0.316 e. The maximum absolute atomic E-state index is 12.8. The molecule has 0 bridgehead atoms. The third-order valence-electron chi connectivity index (χ3n) is 6.23. The van der Waals surface area contributed by atoms with E-state index in [0.717, 1.165) is 41.0 Å². The van der Waals surface area contributed by atoms with Crippen LogP contribution in [0.15, 0.2) is 82.8 Å². The number of carbonyl (C=O) groups excluding carboxylic acids is 1. The number of aliphatic imine (C=N–C) groups is 1. The number of pyridine rings is 1. The van der Waals surface area contributed by atoms with Crippen LogP contribution in [-0.2, 0) is 17.6 Å². The zero-order valence-electron chi connectivity index (χ0n) is 19.9. The molecule has 1 N–H and O–H groups in total. The van der Waals surface area contributed by atoms with Gasteiger partial charge in [0.1, 0.15) is 16.2 Å². The lowest BCUT2D eigenvalue weighted by Gasteiger charge is -2.22. The summed E-state index contributed by atoms with van der Waals surface area (Å²) >= 11 is 9.07. The molecule has 0 saturated carbocycles. The van der Waals surface area contributed by atoms with E-state index in [0.29, 0.717) is 21.6 Å². The Kier molecular flexibility index (Phi) is 8.00. The summed E-state index contributed by atoms with van der Waals surface area (Å²) in [6.07, 6.45) is 6.08. The van der Waals surface area contributed by atoms with Crippen LogP contribution in [0, 0.1) is 11.3 Å². The molecule has 8 heteroatoms. The summed E-state index contributed by atoms with van der Waals surface area (Å²) in [5.41, 5.74) is 4.55. The molecule has 5 nitrogen and oxygen atoms in total. The van der Waals surface area contributed by atoms with E-state index in [-0.39, 0.29) is 11.7 Å². The van der Waals surface area contributed by atoms with Crippen molar-refractivity contribution in [3.63, 3.8) is 0 Å². The molecular formula is C29H23ClN4OS2. The normalized spacial score (nSPS) is 14.8. The molecule has 5 rings (SSSR count). The Morgan fingerprint density at radius 3 is 2.89 bits per heavy atom. The third-order valence-corrected chi connectivity index (χ3v) is 8.71. The lowest BCUT2D eigenvalue weighted by molar-refractivity contribution is -0.113. The number of aromatic nitrogens is 1. The minimum Gasteiger partial charge on any atom is -0.316 e. The number of nitrogens with zero attached hydrogens (tertiary/aromatic N) is 3. The number of benzene rings is 2. The Morgan fingerprint density at radius 1 is 1.22 bits per heavy atom. The zero-order valence-corrected chi connectivity index (χ0v) is 22.2. The Hall–Kier alpha value is -3.44. The Morgan fingerprint density at radius 2 is 2.08 bits per heavy atom. The van der Waals surface area contributed by atoms with Crippen LogP contribution in [-0.4, -0.2) is 22.9 Å². The molecule has 0 aliphatic heterocycles. The predicted octanol–water partition coefficient (Wildman–Crippen LogP) is 7.42. The van der Waals surface area contributed by atoms with Crippen LogP contribution in [0.25, 0.3) is 0 Å². The molecule has 1 aliphatic rings. The van der Waals surface area contributed by atoms with Gasteiger partial charge in [0.25, 0.3) is 0 Å². The van der Waals surface area contributed by atoms with E-state index in [1.54, 1.807) is 23.7 Å². The lowest BCUT2D eigenvalue weighted by atomic mass is 9.83. The van der Waals surface area contributed by atoms with Gasteiger partial charge >= 0.3 is 0 Å². The molecule has 0 spiro atoms. The van der Waals surface area contributed by atoms with E-state index in [1.165, 1.54) is 22.2 Å². The fourth-order valence-electron chi connectivity index (χ4n) is 4.41. The average Bonchev–Trinajstić information content (AvgIpc) is 3.28. The van der Waals surface area contributed by atoms with Gasteiger partial charge in [-0.3, -0.25) is 9.79 Å². The summed E-state index contributed by atoms with van der Waals surface area (Å²) in [4.78, 5) is 23.5. The van der Waals surface area contributed by atoms with Gasteiger partial charge in [0.15, 0.2) is 0 Å². The van der Waals surface area contributed by atoms with E-state index in [2.05, 4.69) is 45.6 Å². The predicted molar refractivity (Wildman–Crippen MR) is 153 cm³/mol. The Bertz CT molecular complexity index is 1490. The molecule has 2 aromatic heterocycles. The fourth-order valence-corrected chi connectivity index (χ4v) is 6.62. The number of halogens is 1. The van der Waals surface area contributed by atoms with Crippen LogP contribution in [0.4, 0.5) is 10.7 Å². The highest BCUT2D eigenvalue weighted by Crippen LogP contribution is 2.42. The molecular weight excluding hydrogens is 520 g/mol. The van der Waals surface area contributed by atoms with Gasteiger partial charge in [-0.05, 0) is 66.6 Å². The van der Waals surface area contributed by atoms with Crippen LogP contribution in [0.3, 0.4) is 0 Å². The van der Waals surface area contributed by atoms with Crippen molar-refractivity contribution >= 4 is 57.5 Å². The first-order chi connectivity index (χ1) is 18.1. The standard InChI is InChI=1S/C29H23ClN4OS2/c30-28-21(8-5-13-32-28)17-33-22-9-4-10-23(15-22)36-18-27(35)34-29-25(16-31)24-12-11-20(14-26(24)37-29)19-6-2-1-3-7-19/h1-10,13,15,17,20H,11-12,14,18H2,(H,34,35)/t20-/m0/s1. The molecule has 1 aliphatic carbocycles. The SMILES string of the molecule is N#Cc1c(NC(=O)CSc2cccc(N=Cc3cccnc3Cl)c2)sc2c1CC[C@H](c1ccccc1)C2.